The minimum absolute atomic E-state index is 0.000649. The molecule has 14 heteroatoms. The molecule has 2 aromatic heterocycles. The molecule has 3 atom stereocenters. The highest BCUT2D eigenvalue weighted by Crippen LogP contribution is 2.42. The first-order valence-electron chi connectivity index (χ1n) is 11.5. The second kappa shape index (κ2) is 9.10. The van der Waals surface area contributed by atoms with Crippen LogP contribution < -0.4 is 10.1 Å². The van der Waals surface area contributed by atoms with Gasteiger partial charge in [0.2, 0.25) is 11.8 Å². The van der Waals surface area contributed by atoms with Crippen LogP contribution in [-0.2, 0) is 17.5 Å². The van der Waals surface area contributed by atoms with Crippen molar-refractivity contribution in [2.75, 3.05) is 18.5 Å². The number of ether oxygens (including phenoxy) is 2. The van der Waals surface area contributed by atoms with Gasteiger partial charge in [0.05, 0.1) is 13.2 Å². The first kappa shape index (κ1) is 24.1. The molecular formula is C21H24F6N6O2. The van der Waals surface area contributed by atoms with Gasteiger partial charge in [0.15, 0.2) is 0 Å². The molecule has 1 aliphatic carbocycles. The topological polar surface area (TPSA) is 87.0 Å². The molecule has 0 spiro atoms. The van der Waals surface area contributed by atoms with E-state index >= 15 is 0 Å². The molecule has 3 aliphatic rings. The van der Waals surface area contributed by atoms with Gasteiger partial charge in [-0.25, -0.2) is 4.98 Å². The highest BCUT2D eigenvalue weighted by atomic mass is 19.4. The molecule has 0 radical (unpaired) electrons. The van der Waals surface area contributed by atoms with E-state index < -0.39 is 35.8 Å². The zero-order chi connectivity index (χ0) is 24.8. The average Bonchev–Trinajstić information content (AvgIpc) is 3.19. The lowest BCUT2D eigenvalue weighted by atomic mass is 9.85. The second-order valence-corrected chi connectivity index (χ2v) is 9.20. The van der Waals surface area contributed by atoms with Gasteiger partial charge in [-0.1, -0.05) is 6.42 Å². The number of aromatic nitrogens is 5. The Balaban J connectivity index is 1.32. The van der Waals surface area contributed by atoms with E-state index in [-0.39, 0.29) is 43.4 Å². The van der Waals surface area contributed by atoms with Crippen LogP contribution in [0.15, 0.2) is 6.20 Å². The number of hydrogen-bond acceptors (Lipinski definition) is 7. The largest absolute Gasteiger partial charge is 0.469 e. The van der Waals surface area contributed by atoms with Crippen molar-refractivity contribution in [1.29, 1.82) is 0 Å². The van der Waals surface area contributed by atoms with Crippen molar-refractivity contribution in [2.24, 2.45) is 0 Å². The predicted molar refractivity (Wildman–Crippen MR) is 109 cm³/mol. The Morgan fingerprint density at radius 2 is 1.77 bits per heavy atom. The van der Waals surface area contributed by atoms with E-state index in [9.17, 15) is 26.3 Å². The molecule has 4 heterocycles. The summed E-state index contributed by atoms with van der Waals surface area (Å²) in [6.07, 6.45) is -5.74. The molecule has 2 aromatic rings. The predicted octanol–water partition coefficient (Wildman–Crippen LogP) is 4.44. The molecule has 1 saturated heterocycles. The fourth-order valence-electron chi connectivity index (χ4n) is 4.91. The van der Waals surface area contributed by atoms with E-state index in [2.05, 4.69) is 25.5 Å². The van der Waals surface area contributed by atoms with Crippen LogP contribution in [0, 0.1) is 0 Å². The molecule has 2 fully saturated rings. The minimum atomic E-state index is -4.67. The summed E-state index contributed by atoms with van der Waals surface area (Å²) >= 11 is 0. The molecule has 5 rings (SSSR count). The van der Waals surface area contributed by atoms with Crippen LogP contribution in [0.1, 0.15) is 67.6 Å². The third-order valence-electron chi connectivity index (χ3n) is 6.71. The fourth-order valence-corrected chi connectivity index (χ4v) is 4.91. The first-order valence-corrected chi connectivity index (χ1v) is 11.5. The van der Waals surface area contributed by atoms with Gasteiger partial charge in [-0.15, -0.1) is 10.2 Å². The smallest absolute Gasteiger partial charge is 0.423 e. The Kier molecular flexibility index (Phi) is 6.26. The van der Waals surface area contributed by atoms with Crippen molar-refractivity contribution in [3.8, 4) is 5.88 Å². The van der Waals surface area contributed by atoms with Gasteiger partial charge >= 0.3 is 12.4 Å². The van der Waals surface area contributed by atoms with Crippen molar-refractivity contribution in [2.45, 2.75) is 81.4 Å². The average molecular weight is 506 g/mol. The first-order chi connectivity index (χ1) is 16.6. The van der Waals surface area contributed by atoms with E-state index in [1.54, 1.807) is 4.57 Å². The number of halogens is 6. The standard InChI is InChI=1S/C21H24F6N6O2/c22-20(23,24)14-5-2-6-33-16(31-32-17(14)33)11-3-1-4-12(7-11)29-19-28-8-15(21(25,26)27)18(30-19)35-13-9-34-10-13/h8,11-14H,1-7,9-10H2,(H,28,29,30)/t11-,12+,14-/m0/s1. The second-order valence-electron chi connectivity index (χ2n) is 9.20. The minimum Gasteiger partial charge on any atom is -0.469 e. The molecule has 192 valence electrons. The van der Waals surface area contributed by atoms with Crippen molar-refractivity contribution < 1.29 is 35.8 Å². The number of nitrogens with one attached hydrogen (secondary N) is 1. The molecule has 0 amide bonds. The molecule has 2 aliphatic heterocycles. The molecular weight excluding hydrogens is 482 g/mol. The van der Waals surface area contributed by atoms with E-state index in [4.69, 9.17) is 9.47 Å². The Hall–Kier alpha value is -2.64. The summed E-state index contributed by atoms with van der Waals surface area (Å²) in [7, 11) is 0. The van der Waals surface area contributed by atoms with E-state index in [1.165, 1.54) is 0 Å². The highest BCUT2D eigenvalue weighted by Gasteiger charge is 2.46. The maximum absolute atomic E-state index is 13.4. The van der Waals surface area contributed by atoms with Crippen LogP contribution in [0.25, 0.3) is 0 Å². The zero-order valence-electron chi connectivity index (χ0n) is 18.6. The zero-order valence-corrected chi connectivity index (χ0v) is 18.6. The third kappa shape index (κ3) is 5.02. The van der Waals surface area contributed by atoms with Crippen LogP contribution in [0.4, 0.5) is 32.3 Å². The maximum Gasteiger partial charge on any atom is 0.423 e. The molecule has 8 nitrogen and oxygen atoms in total. The lowest BCUT2D eigenvalue weighted by molar-refractivity contribution is -0.156. The molecule has 35 heavy (non-hydrogen) atoms. The number of rotatable bonds is 5. The lowest BCUT2D eigenvalue weighted by Gasteiger charge is -2.31. The van der Waals surface area contributed by atoms with Crippen LogP contribution >= 0.6 is 0 Å². The Morgan fingerprint density at radius 1 is 1.00 bits per heavy atom. The summed E-state index contributed by atoms with van der Waals surface area (Å²) in [5.41, 5.74) is -1.06. The van der Waals surface area contributed by atoms with Crippen molar-refractivity contribution in [3.05, 3.63) is 23.4 Å². The Labute approximate surface area is 196 Å². The summed E-state index contributed by atoms with van der Waals surface area (Å²) in [5.74, 6) is -1.81. The van der Waals surface area contributed by atoms with Gasteiger partial charge in [-0.2, -0.15) is 31.3 Å². The number of alkyl halides is 6. The van der Waals surface area contributed by atoms with Crippen LogP contribution in [0.2, 0.25) is 0 Å². The van der Waals surface area contributed by atoms with Crippen LogP contribution in [0.3, 0.4) is 0 Å². The lowest BCUT2D eigenvalue weighted by Crippen LogP contribution is -2.39. The van der Waals surface area contributed by atoms with Gasteiger partial charge < -0.3 is 19.4 Å². The van der Waals surface area contributed by atoms with E-state index in [1.807, 2.05) is 0 Å². The quantitative estimate of drug-likeness (QED) is 0.600. The van der Waals surface area contributed by atoms with Crippen LogP contribution in [-0.4, -0.2) is 56.3 Å². The Bertz CT molecular complexity index is 1050. The number of anilines is 1. The SMILES string of the molecule is FC(F)(F)c1cnc(N[C@@H]2CCC[C@H](c3nnc4n3CCC[C@@H]4C(F)(F)F)C2)nc1OC1COC1. The highest BCUT2D eigenvalue weighted by molar-refractivity contribution is 5.36. The summed E-state index contributed by atoms with van der Waals surface area (Å²) in [6.45, 7) is 0.810. The maximum atomic E-state index is 13.4. The summed E-state index contributed by atoms with van der Waals surface area (Å²) < 4.78 is 92.3. The normalized spacial score (nSPS) is 25.6. The van der Waals surface area contributed by atoms with Gasteiger partial charge in [0, 0.05) is 24.7 Å². The number of nitrogens with zero attached hydrogens (tertiary/aromatic N) is 5. The van der Waals surface area contributed by atoms with Gasteiger partial charge in [0.25, 0.3) is 0 Å². The van der Waals surface area contributed by atoms with Gasteiger partial charge in [0.1, 0.15) is 29.2 Å². The molecule has 0 bridgehead atoms. The molecule has 1 N–H and O–H groups in total. The molecule has 1 saturated carbocycles. The monoisotopic (exact) mass is 506 g/mol. The Morgan fingerprint density at radius 3 is 2.46 bits per heavy atom. The number of hydrogen-bond donors (Lipinski definition) is 1. The summed E-state index contributed by atoms with van der Waals surface area (Å²) in [5, 5.41) is 11.1. The van der Waals surface area contributed by atoms with E-state index in [0.29, 0.717) is 37.8 Å². The number of fused-ring (bicyclic) bond motifs is 1. The third-order valence-corrected chi connectivity index (χ3v) is 6.71. The van der Waals surface area contributed by atoms with Crippen molar-refractivity contribution in [3.63, 3.8) is 0 Å². The van der Waals surface area contributed by atoms with E-state index in [0.717, 1.165) is 12.8 Å². The summed E-state index contributed by atoms with van der Waals surface area (Å²) in [4.78, 5) is 7.81. The van der Waals surface area contributed by atoms with Crippen molar-refractivity contribution >= 4 is 5.95 Å². The summed E-state index contributed by atoms with van der Waals surface area (Å²) in [6, 6.07) is -0.194. The van der Waals surface area contributed by atoms with Crippen LogP contribution in [0.5, 0.6) is 5.88 Å². The molecule has 0 aromatic carbocycles. The van der Waals surface area contributed by atoms with Gasteiger partial charge in [-0.3, -0.25) is 0 Å². The van der Waals surface area contributed by atoms with Crippen molar-refractivity contribution in [1.82, 2.24) is 24.7 Å². The molecule has 0 unspecified atom stereocenters. The van der Waals surface area contributed by atoms with Gasteiger partial charge in [-0.05, 0) is 32.1 Å². The fraction of sp³-hybridized carbons (Fsp3) is 0.714.